The predicted molar refractivity (Wildman–Crippen MR) is 134 cm³/mol. The van der Waals surface area contributed by atoms with Crippen molar-refractivity contribution in [3.8, 4) is 11.5 Å². The Kier molecular flexibility index (Phi) is 9.17. The Labute approximate surface area is 199 Å². The van der Waals surface area contributed by atoms with E-state index in [1.807, 2.05) is 48.5 Å². The van der Waals surface area contributed by atoms with Crippen LogP contribution in [0.15, 0.2) is 77.3 Å². The van der Waals surface area contributed by atoms with E-state index in [9.17, 15) is 4.79 Å². The van der Waals surface area contributed by atoms with Gasteiger partial charge in [0.15, 0.2) is 0 Å². The van der Waals surface area contributed by atoms with E-state index in [4.69, 9.17) is 9.47 Å². The fourth-order valence-electron chi connectivity index (χ4n) is 3.16. The zero-order chi connectivity index (χ0) is 22.8. The predicted octanol–water partition coefficient (Wildman–Crippen LogP) is 7.14. The van der Waals surface area contributed by atoms with Crippen molar-refractivity contribution in [3.63, 3.8) is 0 Å². The second-order valence-electron chi connectivity index (χ2n) is 8.06. The molecule has 0 aromatic heterocycles. The second kappa shape index (κ2) is 12.3. The molecule has 3 rings (SSSR count). The molecule has 168 valence electrons. The van der Waals surface area contributed by atoms with Gasteiger partial charge in [0.1, 0.15) is 11.5 Å². The maximum Gasteiger partial charge on any atom is 0.255 e. The molecule has 1 amide bonds. The van der Waals surface area contributed by atoms with Crippen LogP contribution in [-0.2, 0) is 6.42 Å². The fraction of sp³-hybridized carbons (Fsp3) is 0.296. The number of amides is 1. The van der Waals surface area contributed by atoms with Gasteiger partial charge in [-0.1, -0.05) is 56.3 Å². The molecule has 0 saturated carbocycles. The van der Waals surface area contributed by atoms with E-state index in [2.05, 4.69) is 47.2 Å². The van der Waals surface area contributed by atoms with Gasteiger partial charge in [0.05, 0.1) is 23.4 Å². The Bertz CT molecular complexity index is 1000. The first-order chi connectivity index (χ1) is 15.5. The van der Waals surface area contributed by atoms with Gasteiger partial charge in [-0.15, -0.1) is 0 Å². The fourth-order valence-corrected chi connectivity index (χ4v) is 3.65. The van der Waals surface area contributed by atoms with Crippen molar-refractivity contribution >= 4 is 27.5 Å². The number of hydrogen-bond donors (Lipinski definition) is 1. The number of anilines is 1. The van der Waals surface area contributed by atoms with E-state index in [-0.39, 0.29) is 5.91 Å². The lowest BCUT2D eigenvalue weighted by Gasteiger charge is -2.14. The van der Waals surface area contributed by atoms with Crippen molar-refractivity contribution in [1.82, 2.24) is 0 Å². The maximum atomic E-state index is 12.8. The van der Waals surface area contributed by atoms with Crippen LogP contribution in [0.1, 0.15) is 42.6 Å². The van der Waals surface area contributed by atoms with E-state index in [1.165, 1.54) is 5.56 Å². The Morgan fingerprint density at radius 1 is 0.906 bits per heavy atom. The van der Waals surface area contributed by atoms with Gasteiger partial charge in [0, 0.05) is 5.56 Å². The molecule has 0 aliphatic heterocycles. The first kappa shape index (κ1) is 23.9. The van der Waals surface area contributed by atoms with Crippen LogP contribution in [-0.4, -0.2) is 19.1 Å². The molecule has 32 heavy (non-hydrogen) atoms. The van der Waals surface area contributed by atoms with Gasteiger partial charge in [0.2, 0.25) is 0 Å². The molecule has 0 unspecified atom stereocenters. The molecule has 0 aliphatic rings. The number of ether oxygens (including phenoxy) is 2. The summed E-state index contributed by atoms with van der Waals surface area (Å²) < 4.78 is 12.5. The molecule has 5 heteroatoms. The average molecular weight is 496 g/mol. The number of carbonyl (C=O) groups is 1. The van der Waals surface area contributed by atoms with Crippen LogP contribution in [0.4, 0.5) is 5.69 Å². The van der Waals surface area contributed by atoms with Crippen molar-refractivity contribution < 1.29 is 14.3 Å². The van der Waals surface area contributed by atoms with E-state index < -0.39 is 0 Å². The van der Waals surface area contributed by atoms with E-state index >= 15 is 0 Å². The lowest BCUT2D eigenvalue weighted by Crippen LogP contribution is -2.13. The molecule has 3 aromatic carbocycles. The summed E-state index contributed by atoms with van der Waals surface area (Å²) in [4.78, 5) is 12.8. The number of benzene rings is 3. The Balaban J connectivity index is 1.56. The van der Waals surface area contributed by atoms with Crippen LogP contribution in [0.3, 0.4) is 0 Å². The van der Waals surface area contributed by atoms with Crippen LogP contribution in [0.25, 0.3) is 0 Å². The number of aryl methyl sites for hydroxylation is 1. The first-order valence-corrected chi connectivity index (χ1v) is 11.8. The molecule has 0 spiro atoms. The highest BCUT2D eigenvalue weighted by Crippen LogP contribution is 2.28. The van der Waals surface area contributed by atoms with Gasteiger partial charge in [-0.2, -0.15) is 0 Å². The second-order valence-corrected chi connectivity index (χ2v) is 8.92. The van der Waals surface area contributed by atoms with Crippen molar-refractivity contribution in [3.05, 3.63) is 88.4 Å². The molecule has 0 radical (unpaired) electrons. The van der Waals surface area contributed by atoms with Crippen LogP contribution < -0.4 is 14.8 Å². The number of nitrogens with one attached hydrogen (secondary N) is 1. The molecular formula is C27H30BrNO3. The summed E-state index contributed by atoms with van der Waals surface area (Å²) >= 11 is 3.51. The van der Waals surface area contributed by atoms with Gasteiger partial charge in [-0.05, 0) is 77.0 Å². The summed E-state index contributed by atoms with van der Waals surface area (Å²) in [6, 6.07) is 23.2. The third kappa shape index (κ3) is 7.41. The van der Waals surface area contributed by atoms with Gasteiger partial charge >= 0.3 is 0 Å². The number of rotatable bonds is 11. The van der Waals surface area contributed by atoms with Crippen molar-refractivity contribution in [2.45, 2.75) is 33.1 Å². The SMILES string of the molecule is CC(C)CCOc1ccc(C(=O)Nc2ccccc2OCCCc2ccccc2)cc1Br. The van der Waals surface area contributed by atoms with Crippen LogP contribution in [0.5, 0.6) is 11.5 Å². The van der Waals surface area contributed by atoms with Crippen molar-refractivity contribution in [1.29, 1.82) is 0 Å². The average Bonchev–Trinajstić information content (AvgIpc) is 2.79. The van der Waals surface area contributed by atoms with E-state index in [0.717, 1.165) is 29.5 Å². The van der Waals surface area contributed by atoms with Crippen LogP contribution in [0.2, 0.25) is 0 Å². The standard InChI is InChI=1S/C27H30BrNO3/c1-20(2)16-18-32-25-15-14-22(19-23(25)28)27(30)29-24-12-6-7-13-26(24)31-17-8-11-21-9-4-3-5-10-21/h3-7,9-10,12-15,19-20H,8,11,16-18H2,1-2H3,(H,29,30). The van der Waals surface area contributed by atoms with Crippen molar-refractivity contribution in [2.75, 3.05) is 18.5 Å². The van der Waals surface area contributed by atoms with Gasteiger partial charge in [0.25, 0.3) is 5.91 Å². The molecule has 0 heterocycles. The Morgan fingerprint density at radius 2 is 1.62 bits per heavy atom. The minimum absolute atomic E-state index is 0.195. The lowest BCUT2D eigenvalue weighted by atomic mass is 10.1. The zero-order valence-corrected chi connectivity index (χ0v) is 20.2. The third-order valence-corrected chi connectivity index (χ3v) is 5.61. The minimum atomic E-state index is -0.195. The zero-order valence-electron chi connectivity index (χ0n) is 18.6. The highest BCUT2D eigenvalue weighted by atomic mass is 79.9. The number of hydrogen-bond acceptors (Lipinski definition) is 3. The minimum Gasteiger partial charge on any atom is -0.492 e. The van der Waals surface area contributed by atoms with Crippen molar-refractivity contribution in [2.24, 2.45) is 5.92 Å². The molecule has 0 saturated heterocycles. The monoisotopic (exact) mass is 495 g/mol. The Hall–Kier alpha value is -2.79. The van der Waals surface area contributed by atoms with Crippen LogP contribution in [0, 0.1) is 5.92 Å². The summed E-state index contributed by atoms with van der Waals surface area (Å²) in [6.07, 6.45) is 2.84. The summed E-state index contributed by atoms with van der Waals surface area (Å²) in [5.74, 6) is 1.80. The first-order valence-electron chi connectivity index (χ1n) is 11.0. The lowest BCUT2D eigenvalue weighted by molar-refractivity contribution is 0.102. The number of halogens is 1. The van der Waals surface area contributed by atoms with E-state index in [1.54, 1.807) is 12.1 Å². The molecule has 1 N–H and O–H groups in total. The molecule has 0 bridgehead atoms. The maximum absolute atomic E-state index is 12.8. The van der Waals surface area contributed by atoms with Gasteiger partial charge in [-0.25, -0.2) is 0 Å². The normalized spacial score (nSPS) is 10.8. The van der Waals surface area contributed by atoms with Crippen LogP contribution >= 0.6 is 15.9 Å². The summed E-state index contributed by atoms with van der Waals surface area (Å²) in [7, 11) is 0. The smallest absolute Gasteiger partial charge is 0.255 e. The molecular weight excluding hydrogens is 466 g/mol. The number of carbonyl (C=O) groups excluding carboxylic acids is 1. The largest absolute Gasteiger partial charge is 0.492 e. The molecule has 3 aromatic rings. The van der Waals surface area contributed by atoms with Gasteiger partial charge < -0.3 is 14.8 Å². The number of para-hydroxylation sites is 2. The molecule has 0 atom stereocenters. The third-order valence-electron chi connectivity index (χ3n) is 4.99. The quantitative estimate of drug-likeness (QED) is 0.287. The molecule has 4 nitrogen and oxygen atoms in total. The van der Waals surface area contributed by atoms with E-state index in [0.29, 0.717) is 36.1 Å². The highest BCUT2D eigenvalue weighted by molar-refractivity contribution is 9.10. The topological polar surface area (TPSA) is 47.6 Å². The summed E-state index contributed by atoms with van der Waals surface area (Å²) in [5.41, 5.74) is 2.50. The molecule has 0 fully saturated rings. The Morgan fingerprint density at radius 3 is 2.38 bits per heavy atom. The summed E-state index contributed by atoms with van der Waals surface area (Å²) in [5, 5.41) is 2.96. The highest BCUT2D eigenvalue weighted by Gasteiger charge is 2.12. The summed E-state index contributed by atoms with van der Waals surface area (Å²) in [6.45, 7) is 5.56. The van der Waals surface area contributed by atoms with Gasteiger partial charge in [-0.3, -0.25) is 4.79 Å². The molecule has 0 aliphatic carbocycles.